The predicted octanol–water partition coefficient (Wildman–Crippen LogP) is 1.70. The molecule has 8 N–H and O–H groups in total. The van der Waals surface area contributed by atoms with E-state index in [0.29, 0.717) is 0 Å². The number of phenols is 1. The molecule has 0 aliphatic rings. The second-order valence-corrected chi connectivity index (χ2v) is 10.8. The van der Waals surface area contributed by atoms with Crippen molar-refractivity contribution < 1.29 is 29.4 Å². The van der Waals surface area contributed by atoms with Crippen molar-refractivity contribution >= 4 is 47.2 Å². The summed E-state index contributed by atoms with van der Waals surface area (Å²) in [5.74, 6) is -3.19. The topological polar surface area (TPSA) is 187 Å². The molecule has 1 heterocycles. The van der Waals surface area contributed by atoms with Crippen molar-refractivity contribution in [2.75, 3.05) is 5.75 Å². The number of benzene rings is 3. The van der Waals surface area contributed by atoms with Crippen molar-refractivity contribution in [2.24, 2.45) is 5.73 Å². The molecule has 1 aromatic heterocycles. The number of nitrogens with one attached hydrogen (secondary N) is 4. The zero-order valence-corrected chi connectivity index (χ0v) is 24.7. The first-order valence-corrected chi connectivity index (χ1v) is 14.6. The van der Waals surface area contributed by atoms with Crippen LogP contribution in [0.15, 0.2) is 85.1 Å². The fourth-order valence-corrected chi connectivity index (χ4v) is 5.03. The number of fused-ring (bicyclic) bond motifs is 1. The highest BCUT2D eigenvalue weighted by atomic mass is 32.1. The molecule has 0 radical (unpaired) electrons. The number of aromatic amines is 1. The molecule has 0 aliphatic heterocycles. The Kier molecular flexibility index (Phi) is 11.0. The number of aromatic nitrogens is 1. The summed E-state index contributed by atoms with van der Waals surface area (Å²) >= 11 is 4.22. The van der Waals surface area contributed by atoms with Crippen LogP contribution in [0.4, 0.5) is 0 Å². The first-order valence-electron chi connectivity index (χ1n) is 14.0. The normalized spacial score (nSPS) is 13.8. The van der Waals surface area contributed by atoms with Gasteiger partial charge in [-0.05, 0) is 41.3 Å². The van der Waals surface area contributed by atoms with Crippen molar-refractivity contribution in [1.82, 2.24) is 20.9 Å². The maximum Gasteiger partial charge on any atom is 0.326 e. The Bertz CT molecular complexity index is 1590. The lowest BCUT2D eigenvalue weighted by Crippen LogP contribution is -2.58. The molecule has 4 aromatic rings. The number of aromatic hydroxyl groups is 1. The summed E-state index contributed by atoms with van der Waals surface area (Å²) in [6.45, 7) is 0. The van der Waals surface area contributed by atoms with Gasteiger partial charge in [0.15, 0.2) is 0 Å². The van der Waals surface area contributed by atoms with Crippen LogP contribution in [0, 0.1) is 0 Å². The Morgan fingerprint density at radius 2 is 1.32 bits per heavy atom. The van der Waals surface area contributed by atoms with Crippen LogP contribution < -0.4 is 21.7 Å². The minimum atomic E-state index is -1.27. The smallest absolute Gasteiger partial charge is 0.326 e. The van der Waals surface area contributed by atoms with Gasteiger partial charge in [-0.1, -0.05) is 60.7 Å². The van der Waals surface area contributed by atoms with E-state index in [2.05, 4.69) is 33.6 Å². The predicted molar refractivity (Wildman–Crippen MR) is 169 cm³/mol. The van der Waals surface area contributed by atoms with Crippen molar-refractivity contribution in [3.63, 3.8) is 0 Å². The van der Waals surface area contributed by atoms with E-state index in [1.54, 1.807) is 42.6 Å². The second kappa shape index (κ2) is 15.1. The molecule has 0 fully saturated rings. The van der Waals surface area contributed by atoms with Crippen LogP contribution in [0.5, 0.6) is 5.75 Å². The van der Waals surface area contributed by atoms with Crippen molar-refractivity contribution in [2.45, 2.75) is 43.4 Å². The van der Waals surface area contributed by atoms with Crippen LogP contribution in [0.3, 0.4) is 0 Å². The minimum Gasteiger partial charge on any atom is -0.508 e. The fourth-order valence-electron chi connectivity index (χ4n) is 4.78. The number of rotatable bonds is 14. The molecule has 3 amide bonds. The van der Waals surface area contributed by atoms with Crippen LogP contribution in [0.1, 0.15) is 16.7 Å². The lowest BCUT2D eigenvalue weighted by Gasteiger charge is -2.25. The number of hydrogen-bond acceptors (Lipinski definition) is 7. The Morgan fingerprint density at radius 1 is 0.727 bits per heavy atom. The zero-order chi connectivity index (χ0) is 31.6. The second-order valence-electron chi connectivity index (χ2n) is 10.4. The van der Waals surface area contributed by atoms with Gasteiger partial charge in [-0.15, -0.1) is 0 Å². The van der Waals surface area contributed by atoms with Crippen molar-refractivity contribution in [3.05, 3.63) is 102 Å². The Labute approximate surface area is 259 Å². The number of aliphatic carboxylic acids is 1. The van der Waals surface area contributed by atoms with Gasteiger partial charge in [0, 0.05) is 35.7 Å². The average molecular weight is 618 g/mol. The number of carbonyl (C=O) groups excluding carboxylic acids is 3. The molecule has 44 heavy (non-hydrogen) atoms. The monoisotopic (exact) mass is 617 g/mol. The Hall–Kier alpha value is -4.81. The SMILES string of the molecule is NC(Cc1ccc(O)cc1)C(=O)NC(CS)C(=O)NC(Cc1ccccc1)C(=O)NC(Cc1c[nH]c2ccccc12)C(=O)O. The van der Waals surface area contributed by atoms with E-state index in [9.17, 15) is 29.4 Å². The van der Waals surface area contributed by atoms with Crippen molar-refractivity contribution in [1.29, 1.82) is 0 Å². The minimum absolute atomic E-state index is 0.0192. The number of amides is 3. The number of carboxylic acids is 1. The van der Waals surface area contributed by atoms with Gasteiger partial charge in [-0.25, -0.2) is 4.79 Å². The molecule has 0 bridgehead atoms. The highest BCUT2D eigenvalue weighted by Gasteiger charge is 2.30. The summed E-state index contributed by atoms with van der Waals surface area (Å²) in [4.78, 5) is 54.9. The van der Waals surface area contributed by atoms with Crippen LogP contribution >= 0.6 is 12.6 Å². The molecule has 0 aliphatic carbocycles. The number of H-pyrrole nitrogens is 1. The average Bonchev–Trinajstić information content (AvgIpc) is 3.43. The molecule has 11 nitrogen and oxygen atoms in total. The van der Waals surface area contributed by atoms with Crippen LogP contribution in [-0.2, 0) is 38.4 Å². The molecule has 230 valence electrons. The zero-order valence-electron chi connectivity index (χ0n) is 23.8. The molecule has 4 unspecified atom stereocenters. The first kappa shape index (κ1) is 32.1. The molecular weight excluding hydrogens is 582 g/mol. The Balaban J connectivity index is 1.45. The van der Waals surface area contributed by atoms with E-state index < -0.39 is 47.9 Å². The summed E-state index contributed by atoms with van der Waals surface area (Å²) in [6, 6.07) is 18.1. The van der Waals surface area contributed by atoms with Gasteiger partial charge >= 0.3 is 5.97 Å². The molecule has 0 saturated carbocycles. The first-order chi connectivity index (χ1) is 21.1. The van der Waals surface area contributed by atoms with E-state index in [0.717, 1.165) is 27.6 Å². The van der Waals surface area contributed by atoms with Crippen LogP contribution in [0.2, 0.25) is 0 Å². The summed E-state index contributed by atoms with van der Waals surface area (Å²) in [5, 5.41) is 28.1. The number of thiol groups is 1. The summed E-state index contributed by atoms with van der Waals surface area (Å²) in [7, 11) is 0. The number of nitrogens with two attached hydrogens (primary N) is 1. The molecular formula is C32H35N5O6S. The van der Waals surface area contributed by atoms with Crippen LogP contribution in [0.25, 0.3) is 10.9 Å². The number of carbonyl (C=O) groups is 4. The number of carboxylic acid groups (broad SMARTS) is 1. The fraction of sp³-hybridized carbons (Fsp3) is 0.250. The van der Waals surface area contributed by atoms with E-state index in [1.807, 2.05) is 30.3 Å². The van der Waals surface area contributed by atoms with Crippen molar-refractivity contribution in [3.8, 4) is 5.75 Å². The highest BCUT2D eigenvalue weighted by Crippen LogP contribution is 2.19. The van der Waals surface area contributed by atoms with E-state index in [4.69, 9.17) is 5.73 Å². The summed E-state index contributed by atoms with van der Waals surface area (Å²) in [6.07, 6.45) is 1.97. The van der Waals surface area contributed by atoms with Gasteiger partial charge in [0.2, 0.25) is 17.7 Å². The van der Waals surface area contributed by atoms with E-state index in [-0.39, 0.29) is 30.8 Å². The van der Waals surface area contributed by atoms with Gasteiger partial charge in [-0.2, -0.15) is 12.6 Å². The van der Waals surface area contributed by atoms with Gasteiger partial charge in [-0.3, -0.25) is 14.4 Å². The van der Waals surface area contributed by atoms with Gasteiger partial charge < -0.3 is 36.9 Å². The van der Waals surface area contributed by atoms with Gasteiger partial charge in [0.05, 0.1) is 6.04 Å². The largest absolute Gasteiger partial charge is 0.508 e. The maximum absolute atomic E-state index is 13.5. The quantitative estimate of drug-likeness (QED) is 0.0989. The number of hydrogen-bond donors (Lipinski definition) is 8. The maximum atomic E-state index is 13.5. The molecule has 12 heteroatoms. The van der Waals surface area contributed by atoms with Crippen LogP contribution in [-0.4, -0.2) is 68.8 Å². The standard InChI is InChI=1S/C32H35N5O6S/c33-24(14-20-10-12-22(38)13-11-20)29(39)37-28(18-44)31(41)35-26(15-19-6-2-1-3-7-19)30(40)36-27(32(42)43)16-21-17-34-25-9-5-4-8-23(21)25/h1-13,17,24,26-28,34,38,44H,14-16,18,33H2,(H,35,41)(H,36,40)(H,37,39)(H,42,43). The number of para-hydroxylation sites is 1. The molecule has 0 saturated heterocycles. The third-order valence-electron chi connectivity index (χ3n) is 7.17. The van der Waals surface area contributed by atoms with Gasteiger partial charge in [0.25, 0.3) is 0 Å². The van der Waals surface area contributed by atoms with E-state index >= 15 is 0 Å². The molecule has 4 atom stereocenters. The number of phenolic OH excluding ortho intramolecular Hbond substituents is 1. The van der Waals surface area contributed by atoms with Gasteiger partial charge in [0.1, 0.15) is 23.9 Å². The lowest BCUT2D eigenvalue weighted by atomic mass is 10.0. The Morgan fingerprint density at radius 3 is 2.00 bits per heavy atom. The lowest BCUT2D eigenvalue weighted by molar-refractivity contribution is -0.142. The molecule has 3 aromatic carbocycles. The molecule has 0 spiro atoms. The summed E-state index contributed by atoms with van der Waals surface area (Å²) in [5.41, 5.74) is 9.08. The summed E-state index contributed by atoms with van der Waals surface area (Å²) < 4.78 is 0. The van der Waals surface area contributed by atoms with E-state index in [1.165, 1.54) is 12.1 Å². The highest BCUT2D eigenvalue weighted by molar-refractivity contribution is 7.80. The molecule has 4 rings (SSSR count). The third kappa shape index (κ3) is 8.62. The third-order valence-corrected chi connectivity index (χ3v) is 7.54.